The van der Waals surface area contributed by atoms with Crippen molar-refractivity contribution in [2.45, 2.75) is 95.6 Å². The van der Waals surface area contributed by atoms with Gasteiger partial charge in [0.05, 0.1) is 19.3 Å². The van der Waals surface area contributed by atoms with E-state index < -0.39 is 0 Å². The number of nitrogens with zero attached hydrogens (tertiary/aromatic N) is 4. The second-order valence-electron chi connectivity index (χ2n) is 14.1. The fraction of sp³-hybridized carbons (Fsp3) is 0.553. The van der Waals surface area contributed by atoms with Crippen LogP contribution in [-0.2, 0) is 9.53 Å². The van der Waals surface area contributed by atoms with Crippen LogP contribution in [0.3, 0.4) is 0 Å². The van der Waals surface area contributed by atoms with Gasteiger partial charge in [-0.1, -0.05) is 24.3 Å². The molecule has 3 aliphatic carbocycles. The molecule has 2 amide bonds. The molecule has 0 unspecified atom stereocenters. The SMILES string of the molecule is COc1ccc([C@H]2CC[C@H](CN(c3cccc(-c4cnn(C5CC5)c4)c3)C(=O)[C@H]3CC[C@H](OC(=O)N4CCC4)CC3)CC2)cc1C. The number of carbonyl (C=O) groups excluding carboxylic acids is 2. The van der Waals surface area contributed by atoms with Crippen LogP contribution < -0.4 is 9.64 Å². The van der Waals surface area contributed by atoms with E-state index in [1.54, 1.807) is 12.0 Å². The summed E-state index contributed by atoms with van der Waals surface area (Å²) in [4.78, 5) is 30.6. The van der Waals surface area contributed by atoms with E-state index in [0.29, 0.717) is 17.9 Å². The minimum absolute atomic E-state index is 0.0566. The maximum absolute atomic E-state index is 14.4. The first-order chi connectivity index (χ1) is 22.4. The van der Waals surface area contributed by atoms with E-state index in [4.69, 9.17) is 9.47 Å². The van der Waals surface area contributed by atoms with Crippen LogP contribution in [-0.4, -0.2) is 59.5 Å². The Morgan fingerprint density at radius 3 is 2.37 bits per heavy atom. The van der Waals surface area contributed by atoms with Gasteiger partial charge >= 0.3 is 6.09 Å². The summed E-state index contributed by atoms with van der Waals surface area (Å²) in [7, 11) is 1.73. The molecule has 0 bridgehead atoms. The summed E-state index contributed by atoms with van der Waals surface area (Å²) < 4.78 is 13.4. The molecule has 0 spiro atoms. The van der Waals surface area contributed by atoms with E-state index in [9.17, 15) is 9.59 Å². The topological polar surface area (TPSA) is 76.9 Å². The summed E-state index contributed by atoms with van der Waals surface area (Å²) in [6, 6.07) is 15.6. The number of hydrogen-bond acceptors (Lipinski definition) is 5. The zero-order chi connectivity index (χ0) is 31.6. The molecule has 1 aliphatic heterocycles. The highest BCUT2D eigenvalue weighted by atomic mass is 16.6. The van der Waals surface area contributed by atoms with E-state index in [0.717, 1.165) is 100.0 Å². The summed E-state index contributed by atoms with van der Waals surface area (Å²) in [5.41, 5.74) is 5.76. The molecule has 1 saturated heterocycles. The molecule has 3 saturated carbocycles. The second-order valence-corrected chi connectivity index (χ2v) is 14.1. The summed E-state index contributed by atoms with van der Waals surface area (Å²) in [5, 5.41) is 4.62. The van der Waals surface area contributed by atoms with Crippen molar-refractivity contribution >= 4 is 17.7 Å². The van der Waals surface area contributed by atoms with Crippen molar-refractivity contribution in [2.24, 2.45) is 11.8 Å². The Labute approximate surface area is 273 Å². The molecule has 244 valence electrons. The summed E-state index contributed by atoms with van der Waals surface area (Å²) in [6.07, 6.45) is 14.7. The molecule has 7 rings (SSSR count). The normalized spacial score (nSPS) is 24.6. The number of carbonyl (C=O) groups is 2. The Morgan fingerprint density at radius 1 is 0.913 bits per heavy atom. The lowest BCUT2D eigenvalue weighted by Gasteiger charge is -2.37. The Bertz CT molecular complexity index is 1530. The van der Waals surface area contributed by atoms with E-state index in [-0.39, 0.29) is 24.0 Å². The number of benzene rings is 2. The van der Waals surface area contributed by atoms with Crippen LogP contribution in [0.5, 0.6) is 5.75 Å². The van der Waals surface area contributed by atoms with Crippen LogP contribution >= 0.6 is 0 Å². The van der Waals surface area contributed by atoms with Gasteiger partial charge in [-0.2, -0.15) is 5.10 Å². The fourth-order valence-corrected chi connectivity index (χ4v) is 7.66. The van der Waals surface area contributed by atoms with Gasteiger partial charge in [-0.3, -0.25) is 9.48 Å². The van der Waals surface area contributed by atoms with Gasteiger partial charge in [-0.15, -0.1) is 0 Å². The molecule has 1 aromatic heterocycles. The molecule has 4 fully saturated rings. The molecule has 46 heavy (non-hydrogen) atoms. The number of amides is 2. The predicted octanol–water partition coefficient (Wildman–Crippen LogP) is 7.91. The number of anilines is 1. The third kappa shape index (κ3) is 6.81. The van der Waals surface area contributed by atoms with E-state index in [1.165, 1.54) is 24.0 Å². The highest BCUT2D eigenvalue weighted by Crippen LogP contribution is 2.40. The minimum Gasteiger partial charge on any atom is -0.496 e. The monoisotopic (exact) mass is 624 g/mol. The molecule has 2 aromatic carbocycles. The largest absolute Gasteiger partial charge is 0.496 e. The van der Waals surface area contributed by atoms with Gasteiger partial charge in [-0.25, -0.2) is 4.79 Å². The highest BCUT2D eigenvalue weighted by molar-refractivity contribution is 5.95. The summed E-state index contributed by atoms with van der Waals surface area (Å²) in [5.74, 6) is 2.10. The number of hydrogen-bond donors (Lipinski definition) is 0. The van der Waals surface area contributed by atoms with Gasteiger partial charge < -0.3 is 19.3 Å². The van der Waals surface area contributed by atoms with Crippen molar-refractivity contribution in [1.29, 1.82) is 0 Å². The van der Waals surface area contributed by atoms with Gasteiger partial charge in [0.15, 0.2) is 0 Å². The van der Waals surface area contributed by atoms with Crippen molar-refractivity contribution in [1.82, 2.24) is 14.7 Å². The Morgan fingerprint density at radius 2 is 1.70 bits per heavy atom. The van der Waals surface area contributed by atoms with Crippen molar-refractivity contribution in [3.63, 3.8) is 0 Å². The highest BCUT2D eigenvalue weighted by Gasteiger charge is 2.35. The van der Waals surface area contributed by atoms with Gasteiger partial charge in [0.1, 0.15) is 11.9 Å². The van der Waals surface area contributed by atoms with E-state index in [1.807, 2.05) is 6.20 Å². The standard InChI is InChI=1S/C38H48N4O4/c1-26-21-31(13-18-36(26)45-2)28-9-7-27(8-10-28)24-41(34-6-3-5-30(22-34)32-23-39-42(25-32)33-14-15-33)37(43)29-11-16-35(17-12-29)46-38(44)40-19-4-20-40/h3,5-6,13,18,21-23,25,27-29,33,35H,4,7-12,14-17,19-20,24H2,1-2H3/t27-,28-,29-,35-. The lowest BCUT2D eigenvalue weighted by atomic mass is 9.78. The maximum Gasteiger partial charge on any atom is 0.410 e. The number of aromatic nitrogens is 2. The maximum atomic E-state index is 14.4. The average molecular weight is 625 g/mol. The molecular weight excluding hydrogens is 576 g/mol. The van der Waals surface area contributed by atoms with Gasteiger partial charge in [0, 0.05) is 43.0 Å². The number of likely N-dealkylation sites (tertiary alicyclic amines) is 1. The number of aryl methyl sites for hydroxylation is 1. The summed E-state index contributed by atoms with van der Waals surface area (Å²) >= 11 is 0. The predicted molar refractivity (Wildman–Crippen MR) is 179 cm³/mol. The van der Waals surface area contributed by atoms with Crippen LogP contribution in [0.15, 0.2) is 54.9 Å². The van der Waals surface area contributed by atoms with E-state index >= 15 is 0 Å². The lowest BCUT2D eigenvalue weighted by molar-refractivity contribution is -0.124. The van der Waals surface area contributed by atoms with Crippen LogP contribution in [0.2, 0.25) is 0 Å². The molecular formula is C38H48N4O4. The number of methoxy groups -OCH3 is 1. The molecule has 0 N–H and O–H groups in total. The van der Waals surface area contributed by atoms with Crippen molar-refractivity contribution in [3.8, 4) is 16.9 Å². The first-order valence-electron chi connectivity index (χ1n) is 17.5. The quantitative estimate of drug-likeness (QED) is 0.242. The zero-order valence-corrected chi connectivity index (χ0v) is 27.4. The Balaban J connectivity index is 1.05. The molecule has 0 radical (unpaired) electrons. The van der Waals surface area contributed by atoms with Crippen molar-refractivity contribution in [2.75, 3.05) is 31.6 Å². The van der Waals surface area contributed by atoms with Gasteiger partial charge in [-0.05, 0) is 124 Å². The fourth-order valence-electron chi connectivity index (χ4n) is 7.66. The third-order valence-electron chi connectivity index (χ3n) is 10.9. The first kappa shape index (κ1) is 30.8. The summed E-state index contributed by atoms with van der Waals surface area (Å²) in [6.45, 7) is 4.45. The van der Waals surface area contributed by atoms with Crippen LogP contribution in [0.25, 0.3) is 11.1 Å². The van der Waals surface area contributed by atoms with Gasteiger partial charge in [0.25, 0.3) is 0 Å². The number of ether oxygens (including phenoxy) is 2. The molecule has 4 aliphatic rings. The van der Waals surface area contributed by atoms with Gasteiger partial charge in [0.2, 0.25) is 5.91 Å². The van der Waals surface area contributed by atoms with Crippen molar-refractivity contribution < 1.29 is 19.1 Å². The van der Waals surface area contributed by atoms with Crippen LogP contribution in [0.1, 0.15) is 93.7 Å². The molecule has 3 aromatic rings. The molecule has 0 atom stereocenters. The second kappa shape index (κ2) is 13.5. The molecule has 8 heteroatoms. The zero-order valence-electron chi connectivity index (χ0n) is 27.4. The molecule has 8 nitrogen and oxygen atoms in total. The third-order valence-corrected chi connectivity index (χ3v) is 10.9. The van der Waals surface area contributed by atoms with E-state index in [2.05, 4.69) is 70.3 Å². The molecule has 2 heterocycles. The average Bonchev–Trinajstić information content (AvgIpc) is 3.79. The minimum atomic E-state index is -0.190. The number of rotatable bonds is 9. The first-order valence-corrected chi connectivity index (χ1v) is 17.5. The Hall–Kier alpha value is -3.81. The Kier molecular flexibility index (Phi) is 9.05. The van der Waals surface area contributed by atoms with Crippen LogP contribution in [0, 0.1) is 18.8 Å². The lowest BCUT2D eigenvalue weighted by Crippen LogP contribution is -2.45. The van der Waals surface area contributed by atoms with Crippen LogP contribution in [0.4, 0.5) is 10.5 Å². The smallest absolute Gasteiger partial charge is 0.410 e. The van der Waals surface area contributed by atoms with Crippen molar-refractivity contribution in [3.05, 3.63) is 66.0 Å².